The number of thiazole rings is 1. The Morgan fingerprint density at radius 1 is 1.21 bits per heavy atom. The van der Waals surface area contributed by atoms with Crippen molar-refractivity contribution in [3.63, 3.8) is 0 Å². The topological polar surface area (TPSA) is 142 Å². The first-order valence-electron chi connectivity index (χ1n) is 10.2. The molecule has 2 amide bonds. The number of aromatic nitrogens is 2. The van der Waals surface area contributed by atoms with Crippen molar-refractivity contribution < 1.29 is 13.2 Å². The van der Waals surface area contributed by atoms with Gasteiger partial charge in [-0.05, 0) is 50.1 Å². The number of benzene rings is 1. The van der Waals surface area contributed by atoms with Gasteiger partial charge >= 0.3 is 6.03 Å². The lowest BCUT2D eigenvalue weighted by atomic mass is 10.0. The fraction of sp³-hybridized carbons (Fsp3) is 0.273. The molecule has 0 spiro atoms. The summed E-state index contributed by atoms with van der Waals surface area (Å²) in [5.74, 6) is 0. The summed E-state index contributed by atoms with van der Waals surface area (Å²) in [6.45, 7) is 4.16. The first-order chi connectivity index (χ1) is 15.6. The van der Waals surface area contributed by atoms with Crippen LogP contribution in [0.25, 0.3) is 21.7 Å². The zero-order chi connectivity index (χ0) is 23.8. The molecule has 170 valence electrons. The Hall–Kier alpha value is -3.33. The van der Waals surface area contributed by atoms with E-state index in [1.807, 2.05) is 32.0 Å². The number of nitrogens with zero attached hydrogens (tertiary/aromatic N) is 4. The Bertz CT molecular complexity index is 1360. The van der Waals surface area contributed by atoms with Gasteiger partial charge in [0.15, 0.2) is 5.13 Å². The molecule has 1 aliphatic heterocycles. The van der Waals surface area contributed by atoms with Gasteiger partial charge < -0.3 is 4.90 Å². The summed E-state index contributed by atoms with van der Waals surface area (Å²) < 4.78 is 23.2. The first-order valence-corrected chi connectivity index (χ1v) is 12.6. The molecule has 0 saturated carbocycles. The molecule has 0 bridgehead atoms. The Kier molecular flexibility index (Phi) is 6.16. The Labute approximate surface area is 196 Å². The first kappa shape index (κ1) is 22.8. The fourth-order valence-corrected chi connectivity index (χ4v) is 5.60. The van der Waals surface area contributed by atoms with E-state index in [0.29, 0.717) is 29.4 Å². The number of pyridine rings is 1. The van der Waals surface area contributed by atoms with Gasteiger partial charge in [-0.2, -0.15) is 5.26 Å². The van der Waals surface area contributed by atoms with Crippen LogP contribution in [0.1, 0.15) is 23.4 Å². The van der Waals surface area contributed by atoms with Crippen LogP contribution in [0.15, 0.2) is 36.4 Å². The molecular formula is C22H22N6O3S2. The number of sulfonamides is 1. The van der Waals surface area contributed by atoms with E-state index in [1.165, 1.54) is 16.2 Å². The Morgan fingerprint density at radius 2 is 1.94 bits per heavy atom. The smallest absolute Gasteiger partial charge is 0.323 e. The number of anilines is 1. The Morgan fingerprint density at radius 3 is 2.58 bits per heavy atom. The summed E-state index contributed by atoms with van der Waals surface area (Å²) in [6, 6.07) is 12.7. The highest BCUT2D eigenvalue weighted by atomic mass is 32.2. The van der Waals surface area contributed by atoms with Crippen molar-refractivity contribution >= 4 is 32.5 Å². The lowest BCUT2D eigenvalue weighted by Crippen LogP contribution is -2.36. The molecule has 1 fully saturated rings. The lowest BCUT2D eigenvalue weighted by molar-refractivity contribution is 0.222. The van der Waals surface area contributed by atoms with E-state index in [0.717, 1.165) is 27.4 Å². The predicted octanol–water partition coefficient (Wildman–Crippen LogP) is 3.26. The van der Waals surface area contributed by atoms with Gasteiger partial charge in [-0.25, -0.2) is 23.3 Å². The van der Waals surface area contributed by atoms with Gasteiger partial charge in [-0.3, -0.25) is 10.3 Å². The molecule has 0 aliphatic carbocycles. The van der Waals surface area contributed by atoms with E-state index in [1.54, 1.807) is 18.2 Å². The van der Waals surface area contributed by atoms with E-state index in [-0.39, 0.29) is 6.54 Å². The second-order valence-electron chi connectivity index (χ2n) is 7.90. The highest BCUT2D eigenvalue weighted by molar-refractivity contribution is 7.89. The van der Waals surface area contributed by atoms with Crippen molar-refractivity contribution in [3.8, 4) is 27.8 Å². The number of urea groups is 1. The van der Waals surface area contributed by atoms with Crippen molar-refractivity contribution in [2.45, 2.75) is 25.5 Å². The molecule has 1 saturated heterocycles. The van der Waals surface area contributed by atoms with Gasteiger partial charge in [0, 0.05) is 30.0 Å². The molecule has 3 aromatic rings. The van der Waals surface area contributed by atoms with Crippen LogP contribution in [-0.4, -0.2) is 47.7 Å². The fourth-order valence-electron chi connectivity index (χ4n) is 3.82. The molecule has 1 aliphatic rings. The quantitative estimate of drug-likeness (QED) is 0.584. The second-order valence-corrected chi connectivity index (χ2v) is 10.7. The summed E-state index contributed by atoms with van der Waals surface area (Å²) in [7, 11) is -3.70. The third-order valence-electron chi connectivity index (χ3n) is 5.35. The highest BCUT2D eigenvalue weighted by Gasteiger charge is 2.33. The summed E-state index contributed by atoms with van der Waals surface area (Å²) in [6.07, 6.45) is 0.303. The number of rotatable bonds is 4. The van der Waals surface area contributed by atoms with Crippen molar-refractivity contribution in [2.75, 3.05) is 18.4 Å². The SMILES string of the molecule is Cc1cc(-c2sc(NC(=O)N3CC[C@@H](S(N)(=O)=O)C3)nc2-c2cccc(C#N)c2)cc(C)n1. The van der Waals surface area contributed by atoms with E-state index in [2.05, 4.69) is 21.4 Å². The van der Waals surface area contributed by atoms with Gasteiger partial charge in [-0.15, -0.1) is 0 Å². The van der Waals surface area contributed by atoms with Crippen molar-refractivity contribution in [2.24, 2.45) is 5.14 Å². The standard InChI is InChI=1S/C22H22N6O3S2/c1-13-8-17(9-14(2)25-13)20-19(16-5-3-4-15(10-16)11-23)26-21(32-20)27-22(29)28-7-6-18(12-28)33(24,30)31/h3-5,8-10,18H,6-7,12H2,1-2H3,(H2,24,30,31)(H,26,27,29)/t18-/m1/s1. The number of amides is 2. The maximum atomic E-state index is 12.8. The maximum Gasteiger partial charge on any atom is 0.323 e. The predicted molar refractivity (Wildman–Crippen MR) is 127 cm³/mol. The zero-order valence-electron chi connectivity index (χ0n) is 18.1. The van der Waals surface area contributed by atoms with E-state index in [9.17, 15) is 18.5 Å². The average Bonchev–Trinajstić information content (AvgIpc) is 3.41. The van der Waals surface area contributed by atoms with E-state index < -0.39 is 21.3 Å². The van der Waals surface area contributed by atoms with Crippen LogP contribution in [0.2, 0.25) is 0 Å². The number of aryl methyl sites for hydroxylation is 2. The van der Waals surface area contributed by atoms with Crippen molar-refractivity contribution in [1.29, 1.82) is 5.26 Å². The molecule has 2 aromatic heterocycles. The molecule has 11 heteroatoms. The normalized spacial score (nSPS) is 15.9. The van der Waals surface area contributed by atoms with Gasteiger partial charge in [0.1, 0.15) is 0 Å². The number of nitriles is 1. The molecule has 1 atom stereocenters. The second kappa shape index (κ2) is 8.90. The van der Waals surface area contributed by atoms with Crippen LogP contribution in [0.4, 0.5) is 9.93 Å². The molecule has 4 rings (SSSR count). The van der Waals surface area contributed by atoms with Gasteiger partial charge in [0.05, 0.1) is 27.5 Å². The number of likely N-dealkylation sites (tertiary alicyclic amines) is 1. The molecule has 3 N–H and O–H groups in total. The number of hydrogen-bond donors (Lipinski definition) is 2. The summed E-state index contributed by atoms with van der Waals surface area (Å²) >= 11 is 1.31. The van der Waals surface area contributed by atoms with Gasteiger partial charge in [0.25, 0.3) is 0 Å². The largest absolute Gasteiger partial charge is 0.323 e. The van der Waals surface area contributed by atoms with Gasteiger partial charge in [-0.1, -0.05) is 23.5 Å². The number of nitrogens with one attached hydrogen (secondary N) is 1. The van der Waals surface area contributed by atoms with Crippen LogP contribution in [-0.2, 0) is 10.0 Å². The van der Waals surface area contributed by atoms with Crippen LogP contribution in [0.5, 0.6) is 0 Å². The third kappa shape index (κ3) is 5.03. The van der Waals surface area contributed by atoms with E-state index in [4.69, 9.17) is 5.14 Å². The van der Waals surface area contributed by atoms with Crippen molar-refractivity contribution in [1.82, 2.24) is 14.9 Å². The molecule has 9 nitrogen and oxygen atoms in total. The number of primary sulfonamides is 1. The minimum absolute atomic E-state index is 0.0444. The number of hydrogen-bond acceptors (Lipinski definition) is 7. The lowest BCUT2D eigenvalue weighted by Gasteiger charge is -2.15. The minimum atomic E-state index is -3.70. The number of nitrogens with two attached hydrogens (primary N) is 1. The molecule has 0 radical (unpaired) electrons. The molecule has 3 heterocycles. The van der Waals surface area contributed by atoms with Gasteiger partial charge in [0.2, 0.25) is 10.0 Å². The third-order valence-corrected chi connectivity index (χ3v) is 7.68. The summed E-state index contributed by atoms with van der Waals surface area (Å²) in [5, 5.41) is 16.9. The molecular weight excluding hydrogens is 460 g/mol. The Balaban J connectivity index is 1.69. The molecule has 0 unspecified atom stereocenters. The van der Waals surface area contributed by atoms with Crippen LogP contribution < -0.4 is 10.5 Å². The zero-order valence-corrected chi connectivity index (χ0v) is 19.7. The van der Waals surface area contributed by atoms with Crippen LogP contribution in [0, 0.1) is 25.2 Å². The van der Waals surface area contributed by atoms with Crippen molar-refractivity contribution in [3.05, 3.63) is 53.3 Å². The molecule has 1 aromatic carbocycles. The monoisotopic (exact) mass is 482 g/mol. The molecule has 33 heavy (non-hydrogen) atoms. The minimum Gasteiger partial charge on any atom is -0.323 e. The van der Waals surface area contributed by atoms with E-state index >= 15 is 0 Å². The summed E-state index contributed by atoms with van der Waals surface area (Å²) in [5.41, 5.74) is 4.51. The average molecular weight is 483 g/mol. The number of carbonyl (C=O) groups excluding carboxylic acids is 1. The van der Waals surface area contributed by atoms with Crippen LogP contribution >= 0.6 is 11.3 Å². The summed E-state index contributed by atoms with van der Waals surface area (Å²) in [4.78, 5) is 24.1. The maximum absolute atomic E-state index is 12.8. The number of carbonyl (C=O) groups is 1. The van der Waals surface area contributed by atoms with Crippen LogP contribution in [0.3, 0.4) is 0 Å². The highest BCUT2D eigenvalue weighted by Crippen LogP contribution is 2.39.